The van der Waals surface area contributed by atoms with Gasteiger partial charge in [0.1, 0.15) is 6.61 Å². The van der Waals surface area contributed by atoms with E-state index in [1.54, 1.807) is 0 Å². The molecule has 6 heteroatoms. The van der Waals surface area contributed by atoms with E-state index in [0.29, 0.717) is 13.1 Å². The third-order valence-corrected chi connectivity index (χ3v) is 3.71. The maximum atomic E-state index is 11.8. The molecule has 2 N–H and O–H groups in total. The average molecular weight is 292 g/mol. The summed E-state index contributed by atoms with van der Waals surface area (Å²) >= 11 is 0. The van der Waals surface area contributed by atoms with Crippen molar-refractivity contribution in [2.45, 2.75) is 26.0 Å². The summed E-state index contributed by atoms with van der Waals surface area (Å²) in [5.41, 5.74) is 0.932. The summed E-state index contributed by atoms with van der Waals surface area (Å²) in [6.07, 6.45) is -0.620. The minimum Gasteiger partial charge on any atom is -0.465 e. The third kappa shape index (κ3) is 4.11. The summed E-state index contributed by atoms with van der Waals surface area (Å²) in [6, 6.07) is 9.41. The zero-order valence-corrected chi connectivity index (χ0v) is 12.0. The third-order valence-electron chi connectivity index (χ3n) is 3.71. The molecular formula is C15H20N2O4. The number of hydrogen-bond donors (Lipinski definition) is 2. The molecule has 1 heterocycles. The van der Waals surface area contributed by atoms with Gasteiger partial charge in [-0.2, -0.15) is 0 Å². The SMILES string of the molecule is CC[C@H](NC(=O)OCc1ccccc1)C1CN(C(=O)O)C1. The molecule has 1 saturated heterocycles. The lowest BCUT2D eigenvalue weighted by molar-refractivity contribution is 0.0605. The lowest BCUT2D eigenvalue weighted by Crippen LogP contribution is -2.57. The van der Waals surface area contributed by atoms with Gasteiger partial charge in [0.2, 0.25) is 0 Å². The molecule has 0 bridgehead atoms. The van der Waals surface area contributed by atoms with Crippen molar-refractivity contribution in [3.63, 3.8) is 0 Å². The molecule has 1 atom stereocenters. The maximum Gasteiger partial charge on any atom is 0.407 e. The van der Waals surface area contributed by atoms with E-state index in [9.17, 15) is 9.59 Å². The first-order valence-corrected chi connectivity index (χ1v) is 7.05. The van der Waals surface area contributed by atoms with Crippen molar-refractivity contribution >= 4 is 12.2 Å². The van der Waals surface area contributed by atoms with E-state index in [1.165, 1.54) is 4.90 Å². The molecule has 1 fully saturated rings. The number of benzene rings is 1. The van der Waals surface area contributed by atoms with Gasteiger partial charge in [-0.1, -0.05) is 37.3 Å². The van der Waals surface area contributed by atoms with E-state index in [1.807, 2.05) is 37.3 Å². The van der Waals surface area contributed by atoms with E-state index < -0.39 is 12.2 Å². The molecule has 0 saturated carbocycles. The average Bonchev–Trinajstić information content (AvgIpc) is 2.43. The van der Waals surface area contributed by atoms with Crippen molar-refractivity contribution in [3.05, 3.63) is 35.9 Å². The van der Waals surface area contributed by atoms with Gasteiger partial charge in [0.05, 0.1) is 0 Å². The van der Waals surface area contributed by atoms with Crippen LogP contribution in [0.1, 0.15) is 18.9 Å². The summed E-state index contributed by atoms with van der Waals surface area (Å²) in [4.78, 5) is 23.9. The van der Waals surface area contributed by atoms with Gasteiger partial charge in [0, 0.05) is 25.0 Å². The van der Waals surface area contributed by atoms with Crippen molar-refractivity contribution in [1.29, 1.82) is 0 Å². The number of hydrogen-bond acceptors (Lipinski definition) is 3. The first-order chi connectivity index (χ1) is 10.1. The van der Waals surface area contributed by atoms with E-state index in [0.717, 1.165) is 12.0 Å². The minimum atomic E-state index is -0.909. The van der Waals surface area contributed by atoms with Crippen LogP contribution in [-0.2, 0) is 11.3 Å². The number of amides is 2. The molecule has 0 radical (unpaired) electrons. The fraction of sp³-hybridized carbons (Fsp3) is 0.467. The highest BCUT2D eigenvalue weighted by molar-refractivity contribution is 5.68. The van der Waals surface area contributed by atoms with Gasteiger partial charge in [0.15, 0.2) is 0 Å². The Balaban J connectivity index is 1.74. The standard InChI is InChI=1S/C15H20N2O4/c1-2-13(12-8-17(9-12)15(19)20)16-14(18)21-10-11-6-4-3-5-7-11/h3-7,12-13H,2,8-10H2,1H3,(H,16,18)(H,19,20)/t13-/m0/s1. The van der Waals surface area contributed by atoms with Gasteiger partial charge in [-0.05, 0) is 12.0 Å². The molecule has 0 spiro atoms. The summed E-state index contributed by atoms with van der Waals surface area (Å²) in [5, 5.41) is 11.6. The molecule has 6 nitrogen and oxygen atoms in total. The molecule has 1 aliphatic rings. The molecular weight excluding hydrogens is 272 g/mol. The Kier molecular flexibility index (Phi) is 5.03. The number of carbonyl (C=O) groups excluding carboxylic acids is 1. The Labute approximate surface area is 123 Å². The smallest absolute Gasteiger partial charge is 0.407 e. The van der Waals surface area contributed by atoms with Gasteiger partial charge < -0.3 is 20.1 Å². The molecule has 21 heavy (non-hydrogen) atoms. The van der Waals surface area contributed by atoms with Crippen LogP contribution >= 0.6 is 0 Å². The lowest BCUT2D eigenvalue weighted by Gasteiger charge is -2.41. The Morgan fingerprint density at radius 2 is 2.05 bits per heavy atom. The van der Waals surface area contributed by atoms with Crippen LogP contribution in [0.4, 0.5) is 9.59 Å². The number of nitrogens with one attached hydrogen (secondary N) is 1. The maximum absolute atomic E-state index is 11.8. The molecule has 2 rings (SSSR count). The second-order valence-corrected chi connectivity index (χ2v) is 5.17. The van der Waals surface area contributed by atoms with Crippen molar-refractivity contribution in [3.8, 4) is 0 Å². The fourth-order valence-electron chi connectivity index (χ4n) is 2.39. The number of nitrogens with zero attached hydrogens (tertiary/aromatic N) is 1. The van der Waals surface area contributed by atoms with Crippen LogP contribution in [0, 0.1) is 5.92 Å². The van der Waals surface area contributed by atoms with Gasteiger partial charge >= 0.3 is 12.2 Å². The highest BCUT2D eigenvalue weighted by Crippen LogP contribution is 2.21. The Morgan fingerprint density at radius 1 is 1.38 bits per heavy atom. The Hall–Kier alpha value is -2.24. The fourth-order valence-corrected chi connectivity index (χ4v) is 2.39. The summed E-state index contributed by atoms with van der Waals surface area (Å²) in [6.45, 7) is 3.13. The number of alkyl carbamates (subject to hydrolysis) is 1. The number of carbonyl (C=O) groups is 2. The van der Waals surface area contributed by atoms with Crippen LogP contribution in [0.25, 0.3) is 0 Å². The normalized spacial score (nSPS) is 16.0. The lowest BCUT2D eigenvalue weighted by atomic mass is 9.90. The molecule has 0 unspecified atom stereocenters. The first kappa shape index (κ1) is 15.2. The summed E-state index contributed by atoms with van der Waals surface area (Å²) in [5.74, 6) is 0.162. The molecule has 1 aromatic carbocycles. The largest absolute Gasteiger partial charge is 0.465 e. The summed E-state index contributed by atoms with van der Waals surface area (Å²) in [7, 11) is 0. The highest BCUT2D eigenvalue weighted by Gasteiger charge is 2.36. The van der Waals surface area contributed by atoms with Crippen LogP contribution in [0.15, 0.2) is 30.3 Å². The predicted molar refractivity (Wildman–Crippen MR) is 76.9 cm³/mol. The molecule has 1 aliphatic heterocycles. The van der Waals surface area contributed by atoms with Crippen molar-refractivity contribution in [1.82, 2.24) is 10.2 Å². The molecule has 1 aromatic rings. The molecule has 114 valence electrons. The zero-order valence-electron chi connectivity index (χ0n) is 12.0. The molecule has 0 aliphatic carbocycles. The van der Waals surface area contributed by atoms with Crippen molar-refractivity contribution in [2.24, 2.45) is 5.92 Å². The van der Waals surface area contributed by atoms with Crippen LogP contribution in [0.5, 0.6) is 0 Å². The monoisotopic (exact) mass is 292 g/mol. The van der Waals surface area contributed by atoms with E-state index in [4.69, 9.17) is 9.84 Å². The number of rotatable bonds is 5. The number of likely N-dealkylation sites (tertiary alicyclic amines) is 1. The summed E-state index contributed by atoms with van der Waals surface area (Å²) < 4.78 is 5.17. The van der Waals surface area contributed by atoms with Crippen molar-refractivity contribution < 1.29 is 19.4 Å². The van der Waals surface area contributed by atoms with E-state index in [-0.39, 0.29) is 18.6 Å². The predicted octanol–water partition coefficient (Wildman–Crippen LogP) is 2.30. The van der Waals surface area contributed by atoms with Crippen molar-refractivity contribution in [2.75, 3.05) is 13.1 Å². The Morgan fingerprint density at radius 3 is 2.62 bits per heavy atom. The van der Waals surface area contributed by atoms with Crippen LogP contribution < -0.4 is 5.32 Å². The molecule has 2 amide bonds. The van der Waals surface area contributed by atoms with Crippen LogP contribution in [0.3, 0.4) is 0 Å². The van der Waals surface area contributed by atoms with Gasteiger partial charge in [-0.3, -0.25) is 0 Å². The minimum absolute atomic E-state index is 0.0520. The van der Waals surface area contributed by atoms with Crippen LogP contribution in [0.2, 0.25) is 0 Å². The Bertz CT molecular complexity index is 486. The first-order valence-electron chi connectivity index (χ1n) is 7.05. The number of carboxylic acid groups (broad SMARTS) is 1. The zero-order chi connectivity index (χ0) is 15.2. The van der Waals surface area contributed by atoms with Gasteiger partial charge in [-0.25, -0.2) is 9.59 Å². The quantitative estimate of drug-likeness (QED) is 0.872. The van der Waals surface area contributed by atoms with Gasteiger partial charge in [-0.15, -0.1) is 0 Å². The number of ether oxygens (including phenoxy) is 1. The topological polar surface area (TPSA) is 78.9 Å². The highest BCUT2D eigenvalue weighted by atomic mass is 16.5. The molecule has 0 aromatic heterocycles. The second-order valence-electron chi connectivity index (χ2n) is 5.17. The second kappa shape index (κ2) is 6.97. The van der Waals surface area contributed by atoms with E-state index in [2.05, 4.69) is 5.32 Å². The van der Waals surface area contributed by atoms with Gasteiger partial charge in [0.25, 0.3) is 0 Å². The van der Waals surface area contributed by atoms with Crippen LogP contribution in [-0.4, -0.2) is 41.3 Å². The van der Waals surface area contributed by atoms with E-state index >= 15 is 0 Å².